The molecule has 23 heavy (non-hydrogen) atoms. The molecule has 0 saturated heterocycles. The van der Waals surface area contributed by atoms with Crippen molar-refractivity contribution in [2.24, 2.45) is 0 Å². The summed E-state index contributed by atoms with van der Waals surface area (Å²) >= 11 is 3.33. The van der Waals surface area contributed by atoms with Crippen LogP contribution in [0.2, 0.25) is 0 Å². The van der Waals surface area contributed by atoms with Crippen LogP contribution in [0.15, 0.2) is 59.1 Å². The van der Waals surface area contributed by atoms with Gasteiger partial charge in [0.2, 0.25) is 0 Å². The minimum absolute atomic E-state index is 0.124. The van der Waals surface area contributed by atoms with Gasteiger partial charge in [-0.3, -0.25) is 0 Å². The summed E-state index contributed by atoms with van der Waals surface area (Å²) in [6, 6.07) is 15.4. The molecular weight excluding hydrogens is 362 g/mol. The van der Waals surface area contributed by atoms with E-state index in [-0.39, 0.29) is 6.61 Å². The predicted molar refractivity (Wildman–Crippen MR) is 88.7 cm³/mol. The second kappa shape index (κ2) is 8.33. The summed E-state index contributed by atoms with van der Waals surface area (Å²) in [7, 11) is 1.27. The molecule has 2 rings (SSSR count). The summed E-state index contributed by atoms with van der Waals surface area (Å²) in [5, 5.41) is 2.52. The van der Waals surface area contributed by atoms with Gasteiger partial charge in [-0.05, 0) is 23.3 Å². The third kappa shape index (κ3) is 5.10. The van der Waals surface area contributed by atoms with Crippen LogP contribution in [0, 0.1) is 0 Å². The predicted octanol–water partition coefficient (Wildman–Crippen LogP) is 3.59. The van der Waals surface area contributed by atoms with Gasteiger partial charge in [-0.15, -0.1) is 0 Å². The van der Waals surface area contributed by atoms with Crippen LogP contribution in [0.5, 0.6) is 0 Å². The minimum atomic E-state index is -0.930. The number of ether oxygens (including phenoxy) is 2. The van der Waals surface area contributed by atoms with Gasteiger partial charge in [0.05, 0.1) is 7.11 Å². The lowest BCUT2D eigenvalue weighted by Gasteiger charge is -2.17. The van der Waals surface area contributed by atoms with Gasteiger partial charge in [-0.25, -0.2) is 9.59 Å². The Labute approximate surface area is 142 Å². The van der Waals surface area contributed by atoms with Crippen LogP contribution >= 0.6 is 15.9 Å². The van der Waals surface area contributed by atoms with E-state index in [9.17, 15) is 9.59 Å². The number of hydrogen-bond donors (Lipinski definition) is 1. The molecule has 1 N–H and O–H groups in total. The van der Waals surface area contributed by atoms with Crippen LogP contribution < -0.4 is 5.32 Å². The first-order chi connectivity index (χ1) is 11.1. The van der Waals surface area contributed by atoms with Crippen LogP contribution in [0.25, 0.3) is 0 Å². The van der Waals surface area contributed by atoms with Gasteiger partial charge in [0.25, 0.3) is 0 Å². The molecule has 2 aromatic carbocycles. The van der Waals surface area contributed by atoms with Crippen molar-refractivity contribution in [1.82, 2.24) is 5.32 Å². The largest absolute Gasteiger partial charge is 0.467 e. The van der Waals surface area contributed by atoms with Crippen LogP contribution in [0.3, 0.4) is 0 Å². The van der Waals surface area contributed by atoms with Crippen LogP contribution in [0.4, 0.5) is 4.79 Å². The average Bonchev–Trinajstić information content (AvgIpc) is 2.58. The third-order valence-electron chi connectivity index (χ3n) is 3.09. The van der Waals surface area contributed by atoms with Crippen LogP contribution in [-0.4, -0.2) is 19.2 Å². The quantitative estimate of drug-likeness (QED) is 0.808. The van der Waals surface area contributed by atoms with E-state index >= 15 is 0 Å². The summed E-state index contributed by atoms with van der Waals surface area (Å²) in [5.41, 5.74) is 1.46. The van der Waals surface area contributed by atoms with Gasteiger partial charge in [0.15, 0.2) is 6.04 Å². The van der Waals surface area contributed by atoms with Crippen molar-refractivity contribution in [3.8, 4) is 0 Å². The fourth-order valence-electron chi connectivity index (χ4n) is 1.96. The second-order valence-corrected chi connectivity index (χ2v) is 5.63. The number of amides is 1. The van der Waals surface area contributed by atoms with Crippen LogP contribution in [0.1, 0.15) is 17.2 Å². The zero-order chi connectivity index (χ0) is 16.7. The molecule has 1 atom stereocenters. The van der Waals surface area contributed by atoms with Gasteiger partial charge in [-0.2, -0.15) is 0 Å². The molecule has 0 unspecified atom stereocenters. The lowest BCUT2D eigenvalue weighted by molar-refractivity contribution is -0.143. The average molecular weight is 378 g/mol. The van der Waals surface area contributed by atoms with E-state index in [1.807, 2.05) is 36.4 Å². The molecule has 0 aromatic heterocycles. The Balaban J connectivity index is 2.03. The number of methoxy groups -OCH3 is 1. The standard InChI is InChI=1S/C17H16BrNO4/c1-22-16(20)15(13-8-5-9-14(18)10-13)19-17(21)23-11-12-6-3-2-4-7-12/h2-10,15H,11H2,1H3,(H,19,21)/t15-/m1/s1. The van der Waals surface area contributed by atoms with Gasteiger partial charge in [0.1, 0.15) is 6.61 Å². The molecule has 0 spiro atoms. The molecule has 0 radical (unpaired) electrons. The first-order valence-corrected chi connectivity index (χ1v) is 7.70. The van der Waals surface area contributed by atoms with Crippen molar-refractivity contribution >= 4 is 28.0 Å². The Hall–Kier alpha value is -2.34. The molecule has 0 aliphatic carbocycles. The minimum Gasteiger partial charge on any atom is -0.467 e. The number of hydrogen-bond acceptors (Lipinski definition) is 4. The Morgan fingerprint density at radius 3 is 2.52 bits per heavy atom. The van der Waals surface area contributed by atoms with E-state index in [1.54, 1.807) is 18.2 Å². The Morgan fingerprint density at radius 1 is 1.13 bits per heavy atom. The molecular formula is C17H16BrNO4. The van der Waals surface area contributed by atoms with E-state index in [2.05, 4.69) is 21.2 Å². The lowest BCUT2D eigenvalue weighted by atomic mass is 10.1. The van der Waals surface area contributed by atoms with Gasteiger partial charge < -0.3 is 14.8 Å². The van der Waals surface area contributed by atoms with Crippen molar-refractivity contribution in [1.29, 1.82) is 0 Å². The molecule has 0 bridgehead atoms. The van der Waals surface area contributed by atoms with Crippen molar-refractivity contribution in [3.05, 3.63) is 70.2 Å². The van der Waals surface area contributed by atoms with E-state index in [0.29, 0.717) is 5.56 Å². The summed E-state index contributed by atoms with van der Waals surface area (Å²) in [6.07, 6.45) is -0.691. The van der Waals surface area contributed by atoms with Crippen molar-refractivity contribution in [3.63, 3.8) is 0 Å². The molecule has 120 valence electrons. The number of alkyl carbamates (subject to hydrolysis) is 1. The highest BCUT2D eigenvalue weighted by molar-refractivity contribution is 9.10. The number of nitrogens with one attached hydrogen (secondary N) is 1. The highest BCUT2D eigenvalue weighted by Crippen LogP contribution is 2.19. The number of halogens is 1. The normalized spacial score (nSPS) is 11.4. The Kier molecular flexibility index (Phi) is 6.17. The summed E-state index contributed by atoms with van der Waals surface area (Å²) < 4.78 is 10.7. The number of benzene rings is 2. The molecule has 0 aliphatic heterocycles. The van der Waals surface area contributed by atoms with Crippen molar-refractivity contribution in [2.45, 2.75) is 12.6 Å². The smallest absolute Gasteiger partial charge is 0.408 e. The fourth-order valence-corrected chi connectivity index (χ4v) is 2.38. The SMILES string of the molecule is COC(=O)[C@H](NC(=O)OCc1ccccc1)c1cccc(Br)c1. The summed E-state index contributed by atoms with van der Waals surface area (Å²) in [5.74, 6) is -0.570. The van der Waals surface area contributed by atoms with Gasteiger partial charge in [0, 0.05) is 4.47 Å². The Bertz CT molecular complexity index is 675. The van der Waals surface area contributed by atoms with Crippen molar-refractivity contribution < 1.29 is 19.1 Å². The molecule has 0 saturated carbocycles. The van der Waals surface area contributed by atoms with Crippen molar-refractivity contribution in [2.75, 3.05) is 7.11 Å². The number of carbonyl (C=O) groups is 2. The highest BCUT2D eigenvalue weighted by atomic mass is 79.9. The zero-order valence-corrected chi connectivity index (χ0v) is 14.1. The topological polar surface area (TPSA) is 64.6 Å². The molecule has 2 aromatic rings. The number of rotatable bonds is 5. The van der Waals surface area contributed by atoms with E-state index in [0.717, 1.165) is 10.0 Å². The highest BCUT2D eigenvalue weighted by Gasteiger charge is 2.24. The molecule has 0 aliphatic rings. The first kappa shape index (κ1) is 17.0. The molecule has 0 heterocycles. The maximum atomic E-state index is 12.0. The van der Waals surface area contributed by atoms with E-state index in [1.165, 1.54) is 7.11 Å². The summed E-state index contributed by atoms with van der Waals surface area (Å²) in [6.45, 7) is 0.124. The zero-order valence-electron chi connectivity index (χ0n) is 12.5. The fraction of sp³-hybridized carbons (Fsp3) is 0.176. The summed E-state index contributed by atoms with van der Waals surface area (Å²) in [4.78, 5) is 23.9. The van der Waals surface area contributed by atoms with Crippen LogP contribution in [-0.2, 0) is 20.9 Å². The lowest BCUT2D eigenvalue weighted by Crippen LogP contribution is -2.34. The maximum absolute atomic E-state index is 12.0. The van der Waals surface area contributed by atoms with Gasteiger partial charge >= 0.3 is 12.1 Å². The molecule has 0 fully saturated rings. The van der Waals surface area contributed by atoms with E-state index < -0.39 is 18.1 Å². The first-order valence-electron chi connectivity index (χ1n) is 6.90. The molecule has 6 heteroatoms. The number of esters is 1. The molecule has 5 nitrogen and oxygen atoms in total. The van der Waals surface area contributed by atoms with E-state index in [4.69, 9.17) is 9.47 Å². The second-order valence-electron chi connectivity index (χ2n) is 4.72. The molecule has 1 amide bonds. The third-order valence-corrected chi connectivity index (χ3v) is 3.59. The number of carbonyl (C=O) groups excluding carboxylic acids is 2. The van der Waals surface area contributed by atoms with Gasteiger partial charge in [-0.1, -0.05) is 58.4 Å². The maximum Gasteiger partial charge on any atom is 0.408 e. The Morgan fingerprint density at radius 2 is 1.87 bits per heavy atom. The monoisotopic (exact) mass is 377 g/mol.